The first kappa shape index (κ1) is 13.5. The van der Waals surface area contributed by atoms with E-state index in [2.05, 4.69) is 6.92 Å². The monoisotopic (exact) mass is 227 g/mol. The fourth-order valence-corrected chi connectivity index (χ4v) is 2.38. The van der Waals surface area contributed by atoms with Gasteiger partial charge in [-0.25, -0.2) is 0 Å². The lowest BCUT2D eigenvalue weighted by Crippen LogP contribution is -2.45. The normalized spacial score (nSPS) is 23.2. The molecule has 0 aromatic rings. The van der Waals surface area contributed by atoms with Gasteiger partial charge in [0.15, 0.2) is 0 Å². The fourth-order valence-electron chi connectivity index (χ4n) is 2.38. The van der Waals surface area contributed by atoms with Gasteiger partial charge in [-0.05, 0) is 26.2 Å². The molecular formula is C13H25NO2. The van der Waals surface area contributed by atoms with Gasteiger partial charge in [0.25, 0.3) is 0 Å². The number of amides is 1. The van der Waals surface area contributed by atoms with E-state index >= 15 is 0 Å². The molecule has 1 fully saturated rings. The number of nitrogens with zero attached hydrogens (tertiary/aromatic N) is 1. The number of rotatable bonds is 5. The molecule has 1 saturated heterocycles. The Morgan fingerprint density at radius 2 is 2.25 bits per heavy atom. The molecule has 0 aliphatic carbocycles. The molecule has 0 bridgehead atoms. The molecule has 2 atom stereocenters. The maximum atomic E-state index is 12.1. The summed E-state index contributed by atoms with van der Waals surface area (Å²) in [4.78, 5) is 14.1. The lowest BCUT2D eigenvalue weighted by atomic mass is 10.0. The smallest absolute Gasteiger partial charge is 0.225 e. The Bertz CT molecular complexity index is 216. The molecule has 1 aliphatic rings. The van der Waals surface area contributed by atoms with Crippen LogP contribution >= 0.6 is 0 Å². The molecule has 3 nitrogen and oxygen atoms in total. The van der Waals surface area contributed by atoms with Crippen LogP contribution in [0.3, 0.4) is 0 Å². The largest absolute Gasteiger partial charge is 0.377 e. The molecule has 0 radical (unpaired) electrons. The van der Waals surface area contributed by atoms with E-state index < -0.39 is 0 Å². The Morgan fingerprint density at radius 1 is 1.50 bits per heavy atom. The topological polar surface area (TPSA) is 29.5 Å². The standard InChI is InChI=1S/C13H25NO2/c1-4-7-11(3)13(15)14-9-6-8-12(10-14)16-5-2/h11-12H,4-10H2,1-3H3. The number of carbonyl (C=O) groups is 1. The summed E-state index contributed by atoms with van der Waals surface area (Å²) in [6.07, 6.45) is 4.51. The molecule has 2 unspecified atom stereocenters. The van der Waals surface area contributed by atoms with Crippen LogP contribution in [0.2, 0.25) is 0 Å². The zero-order valence-corrected chi connectivity index (χ0v) is 10.9. The Balaban J connectivity index is 2.43. The number of hydrogen-bond acceptors (Lipinski definition) is 2. The van der Waals surface area contributed by atoms with Crippen LogP contribution in [0.4, 0.5) is 0 Å². The summed E-state index contributed by atoms with van der Waals surface area (Å²) in [5.41, 5.74) is 0. The van der Waals surface area contributed by atoms with E-state index in [1.54, 1.807) is 0 Å². The zero-order valence-electron chi connectivity index (χ0n) is 10.9. The fraction of sp³-hybridized carbons (Fsp3) is 0.923. The van der Waals surface area contributed by atoms with E-state index in [9.17, 15) is 4.79 Å². The lowest BCUT2D eigenvalue weighted by Gasteiger charge is -2.34. The number of piperidine rings is 1. The summed E-state index contributed by atoms with van der Waals surface area (Å²) in [5, 5.41) is 0. The Morgan fingerprint density at radius 3 is 2.88 bits per heavy atom. The van der Waals surface area contributed by atoms with Crippen LogP contribution in [0.5, 0.6) is 0 Å². The third-order valence-corrected chi connectivity index (χ3v) is 3.24. The minimum absolute atomic E-state index is 0.172. The SMILES string of the molecule is CCCC(C)C(=O)N1CCCC(OCC)C1. The minimum Gasteiger partial charge on any atom is -0.377 e. The quantitative estimate of drug-likeness (QED) is 0.722. The van der Waals surface area contributed by atoms with Crippen molar-refractivity contribution in [2.24, 2.45) is 5.92 Å². The van der Waals surface area contributed by atoms with Crippen molar-refractivity contribution in [2.45, 2.75) is 52.6 Å². The van der Waals surface area contributed by atoms with Crippen molar-refractivity contribution in [2.75, 3.05) is 19.7 Å². The van der Waals surface area contributed by atoms with Crippen LogP contribution in [0, 0.1) is 5.92 Å². The highest BCUT2D eigenvalue weighted by atomic mass is 16.5. The van der Waals surface area contributed by atoms with Gasteiger partial charge in [-0.1, -0.05) is 20.3 Å². The van der Waals surface area contributed by atoms with Gasteiger partial charge >= 0.3 is 0 Å². The molecule has 3 heteroatoms. The molecule has 0 spiro atoms. The first-order valence-corrected chi connectivity index (χ1v) is 6.59. The van der Waals surface area contributed by atoms with Crippen molar-refractivity contribution in [1.29, 1.82) is 0 Å². The maximum absolute atomic E-state index is 12.1. The van der Waals surface area contributed by atoms with Crippen LogP contribution < -0.4 is 0 Å². The van der Waals surface area contributed by atoms with Crippen molar-refractivity contribution >= 4 is 5.91 Å². The molecule has 0 N–H and O–H groups in total. The maximum Gasteiger partial charge on any atom is 0.225 e. The summed E-state index contributed by atoms with van der Waals surface area (Å²) in [7, 11) is 0. The summed E-state index contributed by atoms with van der Waals surface area (Å²) in [5.74, 6) is 0.483. The molecule has 1 aliphatic heterocycles. The lowest BCUT2D eigenvalue weighted by molar-refractivity contribution is -0.139. The van der Waals surface area contributed by atoms with Crippen molar-refractivity contribution in [3.8, 4) is 0 Å². The van der Waals surface area contributed by atoms with Gasteiger partial charge in [-0.3, -0.25) is 4.79 Å². The number of likely N-dealkylation sites (tertiary alicyclic amines) is 1. The second-order valence-electron chi connectivity index (χ2n) is 4.69. The van der Waals surface area contributed by atoms with Gasteiger partial charge in [-0.15, -0.1) is 0 Å². The molecule has 0 aromatic heterocycles. The van der Waals surface area contributed by atoms with Crippen molar-refractivity contribution in [1.82, 2.24) is 4.90 Å². The van der Waals surface area contributed by atoms with E-state index in [1.165, 1.54) is 0 Å². The van der Waals surface area contributed by atoms with Crippen LogP contribution in [0.1, 0.15) is 46.5 Å². The molecular weight excluding hydrogens is 202 g/mol. The summed E-state index contributed by atoms with van der Waals surface area (Å²) < 4.78 is 5.61. The van der Waals surface area contributed by atoms with E-state index in [0.717, 1.165) is 45.4 Å². The second-order valence-corrected chi connectivity index (χ2v) is 4.69. The summed E-state index contributed by atoms with van der Waals surface area (Å²) >= 11 is 0. The number of carbonyl (C=O) groups excluding carboxylic acids is 1. The molecule has 1 heterocycles. The van der Waals surface area contributed by atoms with Crippen LogP contribution in [0.25, 0.3) is 0 Å². The molecule has 0 aromatic carbocycles. The molecule has 0 saturated carbocycles. The third-order valence-electron chi connectivity index (χ3n) is 3.24. The summed E-state index contributed by atoms with van der Waals surface area (Å²) in [6.45, 7) is 8.63. The van der Waals surface area contributed by atoms with Gasteiger partial charge in [0, 0.05) is 25.6 Å². The molecule has 94 valence electrons. The van der Waals surface area contributed by atoms with Gasteiger partial charge < -0.3 is 9.64 Å². The zero-order chi connectivity index (χ0) is 12.0. The predicted molar refractivity (Wildman–Crippen MR) is 65.3 cm³/mol. The first-order valence-electron chi connectivity index (χ1n) is 6.59. The molecule has 1 rings (SSSR count). The van der Waals surface area contributed by atoms with Gasteiger partial charge in [0.1, 0.15) is 0 Å². The predicted octanol–water partition coefficient (Wildman–Crippen LogP) is 2.45. The van der Waals surface area contributed by atoms with Crippen molar-refractivity contribution in [3.63, 3.8) is 0 Å². The second kappa shape index (κ2) is 6.89. The average Bonchev–Trinajstić information content (AvgIpc) is 2.29. The van der Waals surface area contributed by atoms with Crippen molar-refractivity contribution < 1.29 is 9.53 Å². The van der Waals surface area contributed by atoms with Gasteiger partial charge in [0.05, 0.1) is 6.10 Å². The van der Waals surface area contributed by atoms with E-state index in [-0.39, 0.29) is 12.0 Å². The van der Waals surface area contributed by atoms with Crippen molar-refractivity contribution in [3.05, 3.63) is 0 Å². The average molecular weight is 227 g/mol. The Kier molecular flexibility index (Phi) is 5.81. The van der Waals surface area contributed by atoms with Crippen LogP contribution in [0.15, 0.2) is 0 Å². The third kappa shape index (κ3) is 3.78. The van der Waals surface area contributed by atoms with Gasteiger partial charge in [0.2, 0.25) is 5.91 Å². The molecule has 1 amide bonds. The minimum atomic E-state index is 0.172. The van der Waals surface area contributed by atoms with E-state index in [1.807, 2.05) is 18.7 Å². The van der Waals surface area contributed by atoms with Crippen LogP contribution in [-0.4, -0.2) is 36.6 Å². The highest BCUT2D eigenvalue weighted by Crippen LogP contribution is 2.17. The summed E-state index contributed by atoms with van der Waals surface area (Å²) in [6, 6.07) is 0. The number of ether oxygens (including phenoxy) is 1. The Labute approximate surface area is 99.1 Å². The van der Waals surface area contributed by atoms with E-state index in [4.69, 9.17) is 4.74 Å². The van der Waals surface area contributed by atoms with Crippen LogP contribution in [-0.2, 0) is 9.53 Å². The van der Waals surface area contributed by atoms with Gasteiger partial charge in [-0.2, -0.15) is 0 Å². The highest BCUT2D eigenvalue weighted by molar-refractivity contribution is 5.78. The highest BCUT2D eigenvalue weighted by Gasteiger charge is 2.26. The first-order chi connectivity index (χ1) is 7.69. The van der Waals surface area contributed by atoms with E-state index in [0.29, 0.717) is 5.91 Å². The number of hydrogen-bond donors (Lipinski definition) is 0. The molecule has 16 heavy (non-hydrogen) atoms. The Hall–Kier alpha value is -0.570.